The average molecular weight is 347 g/mol. The molecule has 9 nitrogen and oxygen atoms in total. The van der Waals surface area contributed by atoms with Crippen molar-refractivity contribution < 1.29 is 29.4 Å². The number of carboxylic acid groups (broad SMARTS) is 2. The Morgan fingerprint density at radius 1 is 1.30 bits per heavy atom. The number of nitrogens with two attached hydrogens (primary N) is 1. The second-order valence-corrected chi connectivity index (χ2v) is 5.68. The predicted octanol–water partition coefficient (Wildman–Crippen LogP) is -1.33. The van der Waals surface area contributed by atoms with Crippen molar-refractivity contribution in [2.75, 3.05) is 12.3 Å². The molecular weight excluding hydrogens is 326 g/mol. The largest absolute Gasteiger partial charge is 0.481 e. The summed E-state index contributed by atoms with van der Waals surface area (Å²) < 4.78 is 0. The number of carbonyl (C=O) groups is 4. The molecule has 1 aliphatic rings. The molecule has 3 atom stereocenters. The smallest absolute Gasteiger partial charge is 0.326 e. The monoisotopic (exact) mass is 347 g/mol. The summed E-state index contributed by atoms with van der Waals surface area (Å²) in [5.74, 6) is -3.41. The summed E-state index contributed by atoms with van der Waals surface area (Å²) in [5, 5.41) is 20.3. The molecule has 0 bridgehead atoms. The third-order valence-electron chi connectivity index (χ3n) is 3.62. The highest BCUT2D eigenvalue weighted by molar-refractivity contribution is 7.80. The van der Waals surface area contributed by atoms with E-state index in [9.17, 15) is 19.2 Å². The molecule has 10 heteroatoms. The Balaban J connectivity index is 2.84. The van der Waals surface area contributed by atoms with E-state index < -0.39 is 41.9 Å². The third kappa shape index (κ3) is 5.39. The first-order valence-corrected chi connectivity index (χ1v) is 7.83. The maximum absolute atomic E-state index is 12.5. The second kappa shape index (κ2) is 8.73. The van der Waals surface area contributed by atoms with Crippen molar-refractivity contribution >= 4 is 36.4 Å². The van der Waals surface area contributed by atoms with Crippen molar-refractivity contribution in [3.8, 4) is 0 Å². The predicted molar refractivity (Wildman–Crippen MR) is 83.0 cm³/mol. The lowest BCUT2D eigenvalue weighted by atomic mass is 10.1. The number of nitrogens with zero attached hydrogens (tertiary/aromatic N) is 1. The van der Waals surface area contributed by atoms with Gasteiger partial charge in [-0.25, -0.2) is 4.79 Å². The number of carboxylic acids is 2. The van der Waals surface area contributed by atoms with Crippen LogP contribution in [0.3, 0.4) is 0 Å². The normalized spacial score (nSPS) is 19.9. The zero-order valence-electron chi connectivity index (χ0n) is 12.5. The molecule has 0 unspecified atom stereocenters. The summed E-state index contributed by atoms with van der Waals surface area (Å²) in [4.78, 5) is 47.4. The number of thiol groups is 1. The zero-order valence-corrected chi connectivity index (χ0v) is 13.4. The molecule has 1 heterocycles. The van der Waals surface area contributed by atoms with Gasteiger partial charge in [-0.05, 0) is 19.3 Å². The Labute approximate surface area is 138 Å². The summed E-state index contributed by atoms with van der Waals surface area (Å²) in [6.07, 6.45) is 0.399. The highest BCUT2D eigenvalue weighted by atomic mass is 32.1. The standard InChI is InChI=1S/C13H21N3O6S/c14-7(6-23)11(19)15-8(3-4-10(17)18)12(20)16-5-1-2-9(16)13(21)22/h7-9,23H,1-6,14H2,(H,15,19)(H,17,18)(H,21,22)/t7-,8-,9+/m0/s1. The van der Waals surface area contributed by atoms with Crippen molar-refractivity contribution in [2.45, 2.75) is 43.8 Å². The van der Waals surface area contributed by atoms with E-state index in [0.29, 0.717) is 12.8 Å². The molecule has 1 rings (SSSR count). The van der Waals surface area contributed by atoms with E-state index in [0.717, 1.165) is 0 Å². The number of amides is 2. The molecule has 1 saturated heterocycles. The Kier molecular flexibility index (Phi) is 7.30. The van der Waals surface area contributed by atoms with Gasteiger partial charge in [-0.2, -0.15) is 12.6 Å². The Morgan fingerprint density at radius 3 is 2.48 bits per heavy atom. The van der Waals surface area contributed by atoms with Gasteiger partial charge in [0.1, 0.15) is 12.1 Å². The third-order valence-corrected chi connectivity index (χ3v) is 4.01. The molecule has 0 spiro atoms. The Hall–Kier alpha value is -1.81. The van der Waals surface area contributed by atoms with Crippen LogP contribution >= 0.6 is 12.6 Å². The summed E-state index contributed by atoms with van der Waals surface area (Å²) in [5.41, 5.74) is 5.53. The first kappa shape index (κ1) is 19.2. The van der Waals surface area contributed by atoms with Gasteiger partial charge in [0, 0.05) is 18.7 Å². The second-order valence-electron chi connectivity index (χ2n) is 5.31. The minimum atomic E-state index is -1.12. The Bertz CT molecular complexity index is 486. The number of aliphatic carboxylic acids is 2. The molecule has 0 saturated carbocycles. The fraction of sp³-hybridized carbons (Fsp3) is 0.692. The van der Waals surface area contributed by atoms with Crippen LogP contribution in [0.2, 0.25) is 0 Å². The number of hydrogen-bond acceptors (Lipinski definition) is 6. The average Bonchev–Trinajstić information content (AvgIpc) is 2.99. The maximum atomic E-state index is 12.5. The summed E-state index contributed by atoms with van der Waals surface area (Å²) >= 11 is 3.89. The first-order valence-electron chi connectivity index (χ1n) is 7.19. The molecule has 0 aromatic carbocycles. The lowest BCUT2D eigenvalue weighted by Crippen LogP contribution is -2.54. The van der Waals surface area contributed by atoms with Gasteiger partial charge >= 0.3 is 11.9 Å². The van der Waals surface area contributed by atoms with Crippen LogP contribution in [0, 0.1) is 0 Å². The minimum Gasteiger partial charge on any atom is -0.481 e. The molecule has 0 radical (unpaired) electrons. The van der Waals surface area contributed by atoms with Gasteiger partial charge in [-0.3, -0.25) is 14.4 Å². The molecule has 0 aromatic rings. The van der Waals surface area contributed by atoms with Gasteiger partial charge in [0.2, 0.25) is 11.8 Å². The molecule has 2 amide bonds. The lowest BCUT2D eigenvalue weighted by Gasteiger charge is -2.27. The maximum Gasteiger partial charge on any atom is 0.326 e. The fourth-order valence-electron chi connectivity index (χ4n) is 2.37. The van der Waals surface area contributed by atoms with Crippen molar-refractivity contribution in [3.05, 3.63) is 0 Å². The van der Waals surface area contributed by atoms with E-state index in [2.05, 4.69) is 17.9 Å². The highest BCUT2D eigenvalue weighted by Crippen LogP contribution is 2.19. The van der Waals surface area contributed by atoms with Crippen molar-refractivity contribution in [1.82, 2.24) is 10.2 Å². The number of nitrogens with one attached hydrogen (secondary N) is 1. The highest BCUT2D eigenvalue weighted by Gasteiger charge is 2.37. The van der Waals surface area contributed by atoms with Gasteiger partial charge in [-0.15, -0.1) is 0 Å². The Morgan fingerprint density at radius 2 is 1.96 bits per heavy atom. The van der Waals surface area contributed by atoms with Crippen LogP contribution in [0.1, 0.15) is 25.7 Å². The van der Waals surface area contributed by atoms with Gasteiger partial charge in [0.25, 0.3) is 0 Å². The van der Waals surface area contributed by atoms with Crippen LogP contribution in [-0.4, -0.2) is 69.3 Å². The van der Waals surface area contributed by atoms with Gasteiger partial charge in [0.15, 0.2) is 0 Å². The van der Waals surface area contributed by atoms with Crippen molar-refractivity contribution in [1.29, 1.82) is 0 Å². The SMILES string of the molecule is N[C@@H](CS)C(=O)N[C@@H](CCC(=O)O)C(=O)N1CCC[C@@H]1C(=O)O. The zero-order chi connectivity index (χ0) is 17.6. The summed E-state index contributed by atoms with van der Waals surface area (Å²) in [6.45, 7) is 0.258. The number of carbonyl (C=O) groups excluding carboxylic acids is 2. The van der Waals surface area contributed by atoms with E-state index in [1.165, 1.54) is 4.90 Å². The topological polar surface area (TPSA) is 150 Å². The van der Waals surface area contributed by atoms with Crippen LogP contribution in [0.15, 0.2) is 0 Å². The molecule has 5 N–H and O–H groups in total. The van der Waals surface area contributed by atoms with Crippen LogP contribution < -0.4 is 11.1 Å². The van der Waals surface area contributed by atoms with Gasteiger partial charge < -0.3 is 26.2 Å². The van der Waals surface area contributed by atoms with E-state index in [4.69, 9.17) is 15.9 Å². The molecule has 130 valence electrons. The fourth-order valence-corrected chi connectivity index (χ4v) is 2.54. The summed E-state index contributed by atoms with van der Waals surface area (Å²) in [6, 6.07) is -3.01. The lowest BCUT2D eigenvalue weighted by molar-refractivity contribution is -0.149. The van der Waals surface area contributed by atoms with Crippen LogP contribution in [0.4, 0.5) is 0 Å². The van der Waals surface area contributed by atoms with Crippen LogP contribution in [-0.2, 0) is 19.2 Å². The van der Waals surface area contributed by atoms with Crippen LogP contribution in [0.5, 0.6) is 0 Å². The molecular formula is C13H21N3O6S. The van der Waals surface area contributed by atoms with Crippen LogP contribution in [0.25, 0.3) is 0 Å². The summed E-state index contributed by atoms with van der Waals surface area (Å²) in [7, 11) is 0. The molecule has 1 aliphatic heterocycles. The molecule has 0 aliphatic carbocycles. The number of rotatable bonds is 8. The van der Waals surface area contributed by atoms with Crippen molar-refractivity contribution in [3.63, 3.8) is 0 Å². The van der Waals surface area contributed by atoms with E-state index in [-0.39, 0.29) is 25.1 Å². The van der Waals surface area contributed by atoms with Gasteiger partial charge in [0.05, 0.1) is 6.04 Å². The number of likely N-dealkylation sites (tertiary alicyclic amines) is 1. The van der Waals surface area contributed by atoms with E-state index in [1.807, 2.05) is 0 Å². The molecule has 1 fully saturated rings. The minimum absolute atomic E-state index is 0.0626. The number of hydrogen-bond donors (Lipinski definition) is 5. The quantitative estimate of drug-likeness (QED) is 0.341. The van der Waals surface area contributed by atoms with E-state index >= 15 is 0 Å². The van der Waals surface area contributed by atoms with Gasteiger partial charge in [-0.1, -0.05) is 0 Å². The van der Waals surface area contributed by atoms with Crippen molar-refractivity contribution in [2.24, 2.45) is 5.73 Å². The molecule has 23 heavy (non-hydrogen) atoms. The van der Waals surface area contributed by atoms with E-state index in [1.54, 1.807) is 0 Å². The first-order chi connectivity index (χ1) is 10.8. The molecule has 0 aromatic heterocycles.